The lowest BCUT2D eigenvalue weighted by molar-refractivity contribution is -0.137. The summed E-state index contributed by atoms with van der Waals surface area (Å²) in [5.74, 6) is 0.492. The summed E-state index contributed by atoms with van der Waals surface area (Å²) in [7, 11) is 1.65. The number of benzene rings is 1. The minimum atomic E-state index is -0.307. The summed E-state index contributed by atoms with van der Waals surface area (Å²) in [6.07, 6.45) is 3.33. The van der Waals surface area contributed by atoms with Crippen molar-refractivity contribution in [2.24, 2.45) is 0 Å². The second-order valence-corrected chi connectivity index (χ2v) is 6.32. The fourth-order valence-electron chi connectivity index (χ4n) is 2.64. The van der Waals surface area contributed by atoms with E-state index in [0.29, 0.717) is 6.61 Å². The van der Waals surface area contributed by atoms with Crippen molar-refractivity contribution in [3.8, 4) is 5.75 Å². The Labute approximate surface area is 128 Å². The average molecular weight is 339 g/mol. The van der Waals surface area contributed by atoms with Crippen LogP contribution in [0.3, 0.4) is 0 Å². The van der Waals surface area contributed by atoms with Crippen molar-refractivity contribution in [3.05, 3.63) is 35.4 Å². The third-order valence-corrected chi connectivity index (χ3v) is 4.93. The van der Waals surface area contributed by atoms with E-state index >= 15 is 0 Å². The zero-order chi connectivity index (χ0) is 14.8. The van der Waals surface area contributed by atoms with E-state index in [1.54, 1.807) is 20.1 Å². The molecule has 2 rings (SSSR count). The van der Waals surface area contributed by atoms with Crippen molar-refractivity contribution in [2.45, 2.75) is 31.0 Å². The Bertz CT molecular complexity index is 551. The molecule has 1 aromatic carbocycles. The number of carbonyl (C=O) groups excluding carboxylic acids is 1. The lowest BCUT2D eigenvalue weighted by atomic mass is 9.96. The number of rotatable bonds is 4. The van der Waals surface area contributed by atoms with Crippen molar-refractivity contribution in [2.75, 3.05) is 13.7 Å². The number of alkyl halides is 1. The second-order valence-electron chi connectivity index (χ2n) is 4.80. The molecule has 0 radical (unpaired) electrons. The summed E-state index contributed by atoms with van der Waals surface area (Å²) >= 11 is 3.80. The van der Waals surface area contributed by atoms with E-state index in [1.165, 1.54) is 5.56 Å². The van der Waals surface area contributed by atoms with Gasteiger partial charge in [-0.25, -0.2) is 4.79 Å². The van der Waals surface area contributed by atoms with Crippen molar-refractivity contribution in [1.29, 1.82) is 0 Å². The predicted octanol–water partition coefficient (Wildman–Crippen LogP) is 3.74. The van der Waals surface area contributed by atoms with Gasteiger partial charge in [0.25, 0.3) is 0 Å². The number of esters is 1. The molecule has 0 heterocycles. The summed E-state index contributed by atoms with van der Waals surface area (Å²) in [6.45, 7) is 4.29. The Morgan fingerprint density at radius 2 is 2.20 bits per heavy atom. The minimum Gasteiger partial charge on any atom is -0.496 e. The van der Waals surface area contributed by atoms with E-state index in [2.05, 4.69) is 28.9 Å². The van der Waals surface area contributed by atoms with E-state index in [1.807, 2.05) is 12.1 Å². The van der Waals surface area contributed by atoms with Crippen LogP contribution >= 0.6 is 15.9 Å². The van der Waals surface area contributed by atoms with Crippen LogP contribution in [0.4, 0.5) is 0 Å². The summed E-state index contributed by atoms with van der Waals surface area (Å²) in [6, 6.07) is 5.98. The third-order valence-electron chi connectivity index (χ3n) is 3.66. The molecule has 0 N–H and O–H groups in total. The van der Waals surface area contributed by atoms with Gasteiger partial charge in [-0.3, -0.25) is 0 Å². The van der Waals surface area contributed by atoms with Crippen molar-refractivity contribution in [3.63, 3.8) is 0 Å². The van der Waals surface area contributed by atoms with Crippen LogP contribution in [0.15, 0.2) is 24.3 Å². The molecule has 4 heteroatoms. The number of hydrogen-bond donors (Lipinski definition) is 0. The molecule has 3 nitrogen and oxygen atoms in total. The molecule has 0 aliphatic heterocycles. The molecule has 20 heavy (non-hydrogen) atoms. The first-order valence-corrected chi connectivity index (χ1v) is 7.59. The molecule has 1 aliphatic carbocycles. The summed E-state index contributed by atoms with van der Waals surface area (Å²) < 4.78 is 10.3. The maximum Gasteiger partial charge on any atom is 0.331 e. The highest BCUT2D eigenvalue weighted by Gasteiger charge is 2.40. The van der Waals surface area contributed by atoms with E-state index in [-0.39, 0.29) is 10.3 Å². The molecular formula is C16H19BrO3. The minimum absolute atomic E-state index is 0.225. The maximum atomic E-state index is 11.9. The van der Waals surface area contributed by atoms with E-state index in [4.69, 9.17) is 9.47 Å². The molecule has 108 valence electrons. The molecule has 0 bridgehead atoms. The first kappa shape index (κ1) is 15.1. The van der Waals surface area contributed by atoms with Gasteiger partial charge >= 0.3 is 5.97 Å². The molecule has 0 saturated carbocycles. The third kappa shape index (κ3) is 2.62. The zero-order valence-corrected chi connectivity index (χ0v) is 13.6. The standard InChI is InChI=1S/C16H19BrO3/c1-4-16(17)10-11-7-6-8-13(19-3)15(11)12(16)9-14(18)20-5-2/h6-9H,4-5,10H2,1-3H3. The molecule has 0 amide bonds. The number of fused-ring (bicyclic) bond motifs is 1. The number of methoxy groups -OCH3 is 1. The maximum absolute atomic E-state index is 11.9. The van der Waals surface area contributed by atoms with Crippen LogP contribution in [-0.4, -0.2) is 24.0 Å². The Kier molecular flexibility index (Phi) is 4.53. The Morgan fingerprint density at radius 3 is 2.80 bits per heavy atom. The first-order valence-electron chi connectivity index (χ1n) is 6.79. The quantitative estimate of drug-likeness (QED) is 0.476. The first-order chi connectivity index (χ1) is 9.55. The van der Waals surface area contributed by atoms with Crippen LogP contribution in [0.2, 0.25) is 0 Å². The van der Waals surface area contributed by atoms with E-state index in [0.717, 1.165) is 29.7 Å². The lowest BCUT2D eigenvalue weighted by Crippen LogP contribution is -2.19. The Balaban J connectivity index is 2.55. The van der Waals surface area contributed by atoms with Crippen molar-refractivity contribution >= 4 is 27.5 Å². The number of hydrogen-bond acceptors (Lipinski definition) is 3. The van der Waals surface area contributed by atoms with Gasteiger partial charge in [0, 0.05) is 11.6 Å². The van der Waals surface area contributed by atoms with E-state index < -0.39 is 0 Å². The van der Waals surface area contributed by atoms with Crippen LogP contribution in [0.25, 0.3) is 5.57 Å². The van der Waals surface area contributed by atoms with Crippen LogP contribution in [0, 0.1) is 0 Å². The molecule has 1 aromatic rings. The highest BCUT2D eigenvalue weighted by atomic mass is 79.9. The number of carbonyl (C=O) groups is 1. The number of ether oxygens (including phenoxy) is 2. The van der Waals surface area contributed by atoms with Gasteiger partial charge in [-0.15, -0.1) is 0 Å². The van der Waals surface area contributed by atoms with Crippen LogP contribution in [0.1, 0.15) is 31.4 Å². The van der Waals surface area contributed by atoms with Gasteiger partial charge in [-0.2, -0.15) is 0 Å². The van der Waals surface area contributed by atoms with Gasteiger partial charge in [0.2, 0.25) is 0 Å². The SMILES string of the molecule is CCOC(=O)C=C1c2c(cccc2OC)CC1(Br)CC. The lowest BCUT2D eigenvalue weighted by Gasteiger charge is -2.22. The molecule has 0 spiro atoms. The Morgan fingerprint density at radius 1 is 1.45 bits per heavy atom. The van der Waals surface area contributed by atoms with Crippen LogP contribution in [0.5, 0.6) is 5.75 Å². The summed E-state index contributed by atoms with van der Waals surface area (Å²) in [4.78, 5) is 11.9. The molecule has 0 fully saturated rings. The molecule has 1 unspecified atom stereocenters. The second kappa shape index (κ2) is 6.00. The van der Waals surface area contributed by atoms with Gasteiger partial charge in [-0.1, -0.05) is 35.0 Å². The largest absolute Gasteiger partial charge is 0.496 e. The van der Waals surface area contributed by atoms with Gasteiger partial charge in [0.05, 0.1) is 18.0 Å². The van der Waals surface area contributed by atoms with Gasteiger partial charge in [-0.05, 0) is 37.0 Å². The zero-order valence-electron chi connectivity index (χ0n) is 12.0. The van der Waals surface area contributed by atoms with Crippen molar-refractivity contribution in [1.82, 2.24) is 0 Å². The normalized spacial score (nSPS) is 22.7. The fraction of sp³-hybridized carbons (Fsp3) is 0.438. The van der Waals surface area contributed by atoms with Crippen LogP contribution < -0.4 is 4.74 Å². The monoisotopic (exact) mass is 338 g/mol. The topological polar surface area (TPSA) is 35.5 Å². The smallest absolute Gasteiger partial charge is 0.331 e. The molecule has 0 saturated heterocycles. The Hall–Kier alpha value is -1.29. The highest BCUT2D eigenvalue weighted by molar-refractivity contribution is 9.10. The fourth-order valence-corrected chi connectivity index (χ4v) is 3.25. The summed E-state index contributed by atoms with van der Waals surface area (Å²) in [5, 5.41) is 0. The average Bonchev–Trinajstić information content (AvgIpc) is 2.72. The predicted molar refractivity (Wildman–Crippen MR) is 83.3 cm³/mol. The highest BCUT2D eigenvalue weighted by Crippen LogP contribution is 2.51. The molecular weight excluding hydrogens is 320 g/mol. The van der Waals surface area contributed by atoms with Gasteiger partial charge in [0.15, 0.2) is 0 Å². The molecule has 0 aromatic heterocycles. The number of halogens is 1. The number of allylic oxidation sites excluding steroid dienone is 1. The van der Waals surface area contributed by atoms with E-state index in [9.17, 15) is 4.79 Å². The molecule has 1 atom stereocenters. The summed E-state index contributed by atoms with van der Waals surface area (Å²) in [5.41, 5.74) is 3.16. The van der Waals surface area contributed by atoms with Crippen LogP contribution in [-0.2, 0) is 16.0 Å². The van der Waals surface area contributed by atoms with Crippen molar-refractivity contribution < 1.29 is 14.3 Å². The molecule has 1 aliphatic rings. The van der Waals surface area contributed by atoms with Gasteiger partial charge in [0.1, 0.15) is 5.75 Å². The van der Waals surface area contributed by atoms with Gasteiger partial charge < -0.3 is 9.47 Å².